The van der Waals surface area contributed by atoms with Gasteiger partial charge in [-0.05, 0) is 12.1 Å². The quantitative estimate of drug-likeness (QED) is 0.473. The summed E-state index contributed by atoms with van der Waals surface area (Å²) >= 11 is 5.58. The fourth-order valence-corrected chi connectivity index (χ4v) is 0.611. The molecule has 9 heavy (non-hydrogen) atoms. The molecule has 0 aliphatic heterocycles. The van der Waals surface area contributed by atoms with Crippen molar-refractivity contribution in [2.45, 2.75) is 0 Å². The maximum atomic E-state index is 5.58. The van der Waals surface area contributed by atoms with E-state index in [2.05, 4.69) is 0 Å². The molecule has 0 fully saturated rings. The molecule has 0 saturated heterocycles. The molecule has 0 heterocycles. The third kappa shape index (κ3) is 2.40. The van der Waals surface area contributed by atoms with Crippen LogP contribution in [-0.2, 0) is 21.7 Å². The zero-order valence-electron chi connectivity index (χ0n) is 4.76. The van der Waals surface area contributed by atoms with E-state index >= 15 is 0 Å². The Morgan fingerprint density at radius 1 is 1.22 bits per heavy atom. The van der Waals surface area contributed by atoms with Crippen LogP contribution < -0.4 is 5.73 Å². The Balaban J connectivity index is 0.000000640. The van der Waals surface area contributed by atoms with Crippen LogP contribution in [0.4, 0.5) is 5.69 Å². The average Bonchev–Trinajstić information content (AvgIpc) is 1.77. The SMILES string of the molecule is Nc1ccccc1Cl.[Ti]. The predicted molar refractivity (Wildman–Crippen MR) is 35.9 cm³/mol. The van der Waals surface area contributed by atoms with Gasteiger partial charge in [-0.1, -0.05) is 23.7 Å². The van der Waals surface area contributed by atoms with Gasteiger partial charge in [0, 0.05) is 21.7 Å². The van der Waals surface area contributed by atoms with Gasteiger partial charge in [0.1, 0.15) is 0 Å². The van der Waals surface area contributed by atoms with Crippen molar-refractivity contribution in [1.29, 1.82) is 0 Å². The zero-order valence-corrected chi connectivity index (χ0v) is 7.08. The molecule has 0 bridgehead atoms. The van der Waals surface area contributed by atoms with Crippen molar-refractivity contribution in [3.8, 4) is 0 Å². The van der Waals surface area contributed by atoms with Gasteiger partial charge in [0.2, 0.25) is 0 Å². The molecule has 3 heteroatoms. The minimum Gasteiger partial charge on any atom is -0.398 e. The number of nitrogens with two attached hydrogens (primary N) is 1. The summed E-state index contributed by atoms with van der Waals surface area (Å²) in [6.45, 7) is 0. The number of anilines is 1. The van der Waals surface area contributed by atoms with Crippen LogP contribution in [0, 0.1) is 0 Å². The number of hydrogen-bond acceptors (Lipinski definition) is 1. The summed E-state index contributed by atoms with van der Waals surface area (Å²) in [5, 5.41) is 0.618. The van der Waals surface area contributed by atoms with Crippen molar-refractivity contribution in [3.63, 3.8) is 0 Å². The molecular weight excluding hydrogens is 169 g/mol. The van der Waals surface area contributed by atoms with Gasteiger partial charge in [-0.25, -0.2) is 0 Å². The van der Waals surface area contributed by atoms with Crippen LogP contribution in [0.15, 0.2) is 24.3 Å². The van der Waals surface area contributed by atoms with Crippen molar-refractivity contribution in [2.24, 2.45) is 0 Å². The van der Waals surface area contributed by atoms with Gasteiger partial charge in [-0.3, -0.25) is 0 Å². The normalized spacial score (nSPS) is 8.11. The number of rotatable bonds is 0. The van der Waals surface area contributed by atoms with Crippen molar-refractivity contribution >= 4 is 17.3 Å². The molecular formula is C6H6ClNTi. The maximum Gasteiger partial charge on any atom is 0.0635 e. The van der Waals surface area contributed by atoms with Gasteiger partial charge in [0.25, 0.3) is 0 Å². The van der Waals surface area contributed by atoms with Crippen LogP contribution in [0.2, 0.25) is 5.02 Å². The van der Waals surface area contributed by atoms with Crippen LogP contribution in [0.1, 0.15) is 0 Å². The first kappa shape index (κ1) is 9.02. The largest absolute Gasteiger partial charge is 0.398 e. The van der Waals surface area contributed by atoms with Crippen molar-refractivity contribution < 1.29 is 21.7 Å². The van der Waals surface area contributed by atoms with E-state index in [1.165, 1.54) is 0 Å². The van der Waals surface area contributed by atoms with Gasteiger partial charge in [-0.15, -0.1) is 0 Å². The Morgan fingerprint density at radius 3 is 2.11 bits per heavy atom. The van der Waals surface area contributed by atoms with Gasteiger partial charge in [-0.2, -0.15) is 0 Å². The summed E-state index contributed by atoms with van der Waals surface area (Å²) in [6.07, 6.45) is 0. The molecule has 0 unspecified atom stereocenters. The summed E-state index contributed by atoms with van der Waals surface area (Å²) < 4.78 is 0. The van der Waals surface area contributed by atoms with Gasteiger partial charge in [0.15, 0.2) is 0 Å². The third-order valence-corrected chi connectivity index (χ3v) is 1.25. The van der Waals surface area contributed by atoms with Gasteiger partial charge < -0.3 is 5.73 Å². The summed E-state index contributed by atoms with van der Waals surface area (Å²) in [5.74, 6) is 0. The molecule has 1 nitrogen and oxygen atoms in total. The Labute approximate surface area is 74.1 Å². The fraction of sp³-hybridized carbons (Fsp3) is 0. The van der Waals surface area contributed by atoms with Crippen LogP contribution in [0.5, 0.6) is 0 Å². The van der Waals surface area contributed by atoms with Crippen LogP contribution in [0.25, 0.3) is 0 Å². The number of halogens is 1. The van der Waals surface area contributed by atoms with E-state index in [-0.39, 0.29) is 21.7 Å². The van der Waals surface area contributed by atoms with E-state index < -0.39 is 0 Å². The molecule has 46 valence electrons. The smallest absolute Gasteiger partial charge is 0.0635 e. The molecule has 1 aromatic rings. The minimum atomic E-state index is 0. The van der Waals surface area contributed by atoms with E-state index in [0.717, 1.165) is 0 Å². The molecule has 0 aromatic heterocycles. The zero-order chi connectivity index (χ0) is 5.98. The summed E-state index contributed by atoms with van der Waals surface area (Å²) in [5.41, 5.74) is 6.02. The molecule has 0 aliphatic carbocycles. The monoisotopic (exact) mass is 175 g/mol. The topological polar surface area (TPSA) is 26.0 Å². The number of benzene rings is 1. The number of hydrogen-bond donors (Lipinski definition) is 1. The van der Waals surface area contributed by atoms with Crippen molar-refractivity contribution in [2.75, 3.05) is 5.73 Å². The second-order valence-electron chi connectivity index (χ2n) is 1.52. The molecule has 1 rings (SSSR count). The standard InChI is InChI=1S/C6H6ClN.Ti/c7-5-3-1-2-4-6(5)8;/h1-4H,8H2;. The first-order chi connectivity index (χ1) is 3.80. The van der Waals surface area contributed by atoms with Crippen LogP contribution in [-0.4, -0.2) is 0 Å². The van der Waals surface area contributed by atoms with Gasteiger partial charge in [0.05, 0.1) is 10.7 Å². The molecule has 0 spiro atoms. The number of para-hydroxylation sites is 1. The second kappa shape index (κ2) is 3.94. The molecule has 0 radical (unpaired) electrons. The van der Waals surface area contributed by atoms with Crippen LogP contribution in [0.3, 0.4) is 0 Å². The Kier molecular flexibility index (Phi) is 3.95. The summed E-state index contributed by atoms with van der Waals surface area (Å²) in [6, 6.07) is 7.22. The average molecular weight is 175 g/mol. The Hall–Kier alpha value is 0.0243. The first-order valence-electron chi connectivity index (χ1n) is 2.31. The molecule has 0 saturated carbocycles. The van der Waals surface area contributed by atoms with E-state index in [0.29, 0.717) is 10.7 Å². The maximum absolute atomic E-state index is 5.58. The van der Waals surface area contributed by atoms with Gasteiger partial charge >= 0.3 is 0 Å². The number of nitrogen functional groups attached to an aromatic ring is 1. The predicted octanol–water partition coefficient (Wildman–Crippen LogP) is 1.92. The third-order valence-electron chi connectivity index (χ3n) is 0.905. The Bertz CT molecular complexity index is 169. The first-order valence-corrected chi connectivity index (χ1v) is 2.68. The summed E-state index contributed by atoms with van der Waals surface area (Å²) in [7, 11) is 0. The second-order valence-corrected chi connectivity index (χ2v) is 1.93. The molecule has 2 N–H and O–H groups in total. The molecule has 0 amide bonds. The summed E-state index contributed by atoms with van der Waals surface area (Å²) in [4.78, 5) is 0. The molecule has 0 atom stereocenters. The molecule has 0 aliphatic rings. The fourth-order valence-electron chi connectivity index (χ4n) is 0.475. The van der Waals surface area contributed by atoms with Crippen molar-refractivity contribution in [3.05, 3.63) is 29.3 Å². The van der Waals surface area contributed by atoms with E-state index in [9.17, 15) is 0 Å². The van der Waals surface area contributed by atoms with Crippen molar-refractivity contribution in [1.82, 2.24) is 0 Å². The van der Waals surface area contributed by atoms with E-state index in [1.807, 2.05) is 12.1 Å². The Morgan fingerprint density at radius 2 is 1.78 bits per heavy atom. The minimum absolute atomic E-state index is 0. The van der Waals surface area contributed by atoms with E-state index in [4.69, 9.17) is 17.3 Å². The van der Waals surface area contributed by atoms with E-state index in [1.54, 1.807) is 12.1 Å². The molecule has 1 aromatic carbocycles. The van der Waals surface area contributed by atoms with Crippen LogP contribution >= 0.6 is 11.6 Å².